The molecule has 1 aromatic carbocycles. The quantitative estimate of drug-likeness (QED) is 0.617. The van der Waals surface area contributed by atoms with Crippen LogP contribution in [-0.2, 0) is 4.74 Å². The van der Waals surface area contributed by atoms with Gasteiger partial charge in [-0.05, 0) is 17.5 Å². The van der Waals surface area contributed by atoms with Crippen molar-refractivity contribution in [2.45, 2.75) is 19.9 Å². The molecule has 1 saturated heterocycles. The van der Waals surface area contributed by atoms with E-state index in [4.69, 9.17) is 22.1 Å². The molecule has 1 aromatic rings. The molecule has 0 aliphatic carbocycles. The van der Waals surface area contributed by atoms with Crippen molar-refractivity contribution in [2.75, 3.05) is 39.4 Å². The van der Waals surface area contributed by atoms with Crippen LogP contribution >= 0.6 is 11.6 Å². The molecule has 1 aliphatic rings. The number of halogens is 1. The highest BCUT2D eigenvalue weighted by Crippen LogP contribution is 2.27. The molecule has 1 heterocycles. The third-order valence-electron chi connectivity index (χ3n) is 3.85. The third kappa shape index (κ3) is 5.68. The van der Waals surface area contributed by atoms with E-state index in [0.717, 1.165) is 43.4 Å². The van der Waals surface area contributed by atoms with Crippen LogP contribution in [0.1, 0.15) is 25.5 Å². The maximum atomic E-state index is 6.41. The van der Waals surface area contributed by atoms with E-state index < -0.39 is 0 Å². The predicted molar refractivity (Wildman–Crippen MR) is 95.9 cm³/mol. The van der Waals surface area contributed by atoms with E-state index in [0.29, 0.717) is 18.4 Å². The lowest BCUT2D eigenvalue weighted by atomic mass is 10.0. The van der Waals surface area contributed by atoms with Crippen molar-refractivity contribution in [1.82, 2.24) is 10.2 Å². The molecule has 1 atom stereocenters. The lowest BCUT2D eigenvalue weighted by molar-refractivity contribution is 0.0170. The van der Waals surface area contributed by atoms with Crippen molar-refractivity contribution in [1.29, 1.82) is 0 Å². The van der Waals surface area contributed by atoms with Gasteiger partial charge in [0.2, 0.25) is 0 Å². The van der Waals surface area contributed by atoms with Gasteiger partial charge in [-0.3, -0.25) is 9.89 Å². The molecule has 2 rings (SSSR count). The standard InChI is InChI=1S/C17H27ClN4O/c1-13(2)11-20-17(19)21-12-16(22-7-9-23-10-8-22)14-5-3-4-6-15(14)18/h3-6,13,16H,7-12H2,1-2H3,(H3,19,20,21). The number of hydrogen-bond donors (Lipinski definition) is 2. The van der Waals surface area contributed by atoms with Crippen LogP contribution in [0.5, 0.6) is 0 Å². The van der Waals surface area contributed by atoms with Gasteiger partial charge >= 0.3 is 0 Å². The van der Waals surface area contributed by atoms with Crippen LogP contribution < -0.4 is 11.1 Å². The Kier molecular flexibility index (Phi) is 7.15. The highest BCUT2D eigenvalue weighted by atomic mass is 35.5. The number of guanidine groups is 1. The minimum atomic E-state index is 0.153. The van der Waals surface area contributed by atoms with Gasteiger partial charge in [0.15, 0.2) is 5.96 Å². The van der Waals surface area contributed by atoms with Crippen LogP contribution in [0.25, 0.3) is 0 Å². The molecule has 0 bridgehead atoms. The lowest BCUT2D eigenvalue weighted by Gasteiger charge is -2.35. The minimum absolute atomic E-state index is 0.153. The maximum absolute atomic E-state index is 6.41. The Balaban J connectivity index is 2.08. The van der Waals surface area contributed by atoms with Crippen LogP contribution in [-0.4, -0.2) is 50.3 Å². The Morgan fingerprint density at radius 1 is 1.35 bits per heavy atom. The second kappa shape index (κ2) is 9.11. The molecule has 23 heavy (non-hydrogen) atoms. The zero-order valence-electron chi connectivity index (χ0n) is 14.0. The van der Waals surface area contributed by atoms with Gasteiger partial charge in [-0.1, -0.05) is 43.6 Å². The number of nitrogens with two attached hydrogens (primary N) is 1. The molecule has 0 aromatic heterocycles. The highest BCUT2D eigenvalue weighted by molar-refractivity contribution is 6.31. The monoisotopic (exact) mass is 338 g/mol. The molecule has 0 saturated carbocycles. The van der Waals surface area contributed by atoms with Crippen LogP contribution in [0.2, 0.25) is 5.02 Å². The van der Waals surface area contributed by atoms with Crippen LogP contribution in [0.3, 0.4) is 0 Å². The molecule has 0 spiro atoms. The third-order valence-corrected chi connectivity index (χ3v) is 4.20. The summed E-state index contributed by atoms with van der Waals surface area (Å²) in [5.74, 6) is 0.984. The van der Waals surface area contributed by atoms with Crippen molar-refractivity contribution in [3.8, 4) is 0 Å². The maximum Gasteiger partial charge on any atom is 0.188 e. The second-order valence-electron chi connectivity index (χ2n) is 6.19. The van der Waals surface area contributed by atoms with Crippen LogP contribution in [0.4, 0.5) is 0 Å². The number of rotatable bonds is 6. The Morgan fingerprint density at radius 3 is 2.70 bits per heavy atom. The Labute approximate surface area is 143 Å². The molecule has 5 nitrogen and oxygen atoms in total. The number of nitrogens with zero attached hydrogens (tertiary/aromatic N) is 2. The molecule has 1 unspecified atom stereocenters. The molecule has 1 aliphatic heterocycles. The Bertz CT molecular complexity index is 515. The van der Waals surface area contributed by atoms with E-state index >= 15 is 0 Å². The smallest absolute Gasteiger partial charge is 0.188 e. The van der Waals surface area contributed by atoms with E-state index in [9.17, 15) is 0 Å². The molecule has 0 amide bonds. The number of morpholine rings is 1. The van der Waals surface area contributed by atoms with Crippen molar-refractivity contribution in [2.24, 2.45) is 16.6 Å². The summed E-state index contributed by atoms with van der Waals surface area (Å²) in [6, 6.07) is 8.13. The van der Waals surface area contributed by atoms with E-state index in [1.54, 1.807) is 0 Å². The first-order valence-electron chi connectivity index (χ1n) is 8.18. The highest BCUT2D eigenvalue weighted by Gasteiger charge is 2.24. The van der Waals surface area contributed by atoms with Gasteiger partial charge in [-0.25, -0.2) is 0 Å². The Morgan fingerprint density at radius 2 is 2.04 bits per heavy atom. The number of aliphatic imine (C=N–C) groups is 1. The fraction of sp³-hybridized carbons (Fsp3) is 0.588. The minimum Gasteiger partial charge on any atom is -0.379 e. The molecule has 6 heteroatoms. The van der Waals surface area contributed by atoms with Gasteiger partial charge in [-0.2, -0.15) is 0 Å². The average molecular weight is 339 g/mol. The fourth-order valence-corrected chi connectivity index (χ4v) is 2.87. The van der Waals surface area contributed by atoms with Gasteiger partial charge in [-0.15, -0.1) is 0 Å². The molecule has 3 N–H and O–H groups in total. The second-order valence-corrected chi connectivity index (χ2v) is 6.59. The van der Waals surface area contributed by atoms with Gasteiger partial charge in [0.25, 0.3) is 0 Å². The molecule has 1 fully saturated rings. The van der Waals surface area contributed by atoms with Crippen molar-refractivity contribution in [3.63, 3.8) is 0 Å². The number of nitrogens with one attached hydrogen (secondary N) is 1. The number of benzene rings is 1. The molecule has 128 valence electrons. The summed E-state index contributed by atoms with van der Waals surface area (Å²) in [5, 5.41) is 4.03. The number of hydrogen-bond acceptors (Lipinski definition) is 3. The van der Waals surface area contributed by atoms with Gasteiger partial charge < -0.3 is 15.8 Å². The fourth-order valence-electron chi connectivity index (χ4n) is 2.61. The first-order valence-corrected chi connectivity index (χ1v) is 8.55. The van der Waals surface area contributed by atoms with Crippen molar-refractivity contribution >= 4 is 17.6 Å². The van der Waals surface area contributed by atoms with Gasteiger partial charge in [0.1, 0.15) is 0 Å². The van der Waals surface area contributed by atoms with Crippen LogP contribution in [0.15, 0.2) is 29.3 Å². The summed E-state index contributed by atoms with van der Waals surface area (Å²) in [4.78, 5) is 6.75. The van der Waals surface area contributed by atoms with Crippen LogP contribution in [0, 0.1) is 5.92 Å². The predicted octanol–water partition coefficient (Wildman–Crippen LogP) is 2.27. The summed E-state index contributed by atoms with van der Waals surface area (Å²) in [6.45, 7) is 8.93. The summed E-state index contributed by atoms with van der Waals surface area (Å²) in [7, 11) is 0. The summed E-state index contributed by atoms with van der Waals surface area (Å²) in [5.41, 5.74) is 7.09. The largest absolute Gasteiger partial charge is 0.379 e. The number of ether oxygens (including phenoxy) is 1. The van der Waals surface area contributed by atoms with E-state index in [1.807, 2.05) is 18.2 Å². The van der Waals surface area contributed by atoms with Crippen molar-refractivity contribution < 1.29 is 4.74 Å². The molecular weight excluding hydrogens is 312 g/mol. The lowest BCUT2D eigenvalue weighted by Crippen LogP contribution is -2.45. The average Bonchev–Trinajstić information content (AvgIpc) is 2.55. The van der Waals surface area contributed by atoms with Gasteiger partial charge in [0.05, 0.1) is 19.3 Å². The molecule has 0 radical (unpaired) electrons. The molecular formula is C17H27ClN4O. The zero-order valence-corrected chi connectivity index (χ0v) is 14.7. The zero-order chi connectivity index (χ0) is 16.7. The topological polar surface area (TPSA) is 62.9 Å². The SMILES string of the molecule is CC(C)CN=C(N)NCC(c1ccccc1Cl)N1CCOCC1. The van der Waals surface area contributed by atoms with E-state index in [-0.39, 0.29) is 6.04 Å². The van der Waals surface area contributed by atoms with E-state index in [2.05, 4.69) is 35.1 Å². The van der Waals surface area contributed by atoms with Gasteiger partial charge in [0, 0.05) is 31.2 Å². The normalized spacial score (nSPS) is 18.2. The first kappa shape index (κ1) is 18.0. The summed E-state index contributed by atoms with van der Waals surface area (Å²) >= 11 is 6.41. The summed E-state index contributed by atoms with van der Waals surface area (Å²) < 4.78 is 5.46. The Hall–Kier alpha value is -1.30. The van der Waals surface area contributed by atoms with Crippen molar-refractivity contribution in [3.05, 3.63) is 34.9 Å². The van der Waals surface area contributed by atoms with E-state index in [1.165, 1.54) is 0 Å². The summed E-state index contributed by atoms with van der Waals surface area (Å²) in [6.07, 6.45) is 0. The first-order chi connectivity index (χ1) is 11.1.